The zero-order valence-electron chi connectivity index (χ0n) is 39.6. The lowest BCUT2D eigenvalue weighted by atomic mass is 10.0. The number of ether oxygens (including phenoxy) is 2. The van der Waals surface area contributed by atoms with E-state index in [-0.39, 0.29) is 24.1 Å². The molecule has 0 aliphatic rings. The van der Waals surface area contributed by atoms with Gasteiger partial charge in [0.2, 0.25) is 0 Å². The largest absolute Gasteiger partial charge is 0.462 e. The molecule has 0 saturated heterocycles. The van der Waals surface area contributed by atoms with Gasteiger partial charge < -0.3 is 14.4 Å². The third-order valence-corrected chi connectivity index (χ3v) is 12.3. The Kier molecular flexibility index (Phi) is 45.1. The maximum atomic E-state index is 12.7. The van der Waals surface area contributed by atoms with Crippen LogP contribution in [-0.2, 0) is 19.1 Å². The highest BCUT2D eigenvalue weighted by Gasteiger charge is 2.16. The summed E-state index contributed by atoms with van der Waals surface area (Å²) in [4.78, 5) is 28.1. The second-order valence-electron chi connectivity index (χ2n) is 17.9. The van der Waals surface area contributed by atoms with Crippen LogP contribution in [0.25, 0.3) is 0 Å². The Bertz CT molecular complexity index is 722. The number of unbranched alkanes of at least 4 members (excludes halogenated alkanes) is 28. The molecule has 0 saturated carbocycles. The minimum absolute atomic E-state index is 0.0419. The van der Waals surface area contributed by atoms with Crippen molar-refractivity contribution < 1.29 is 19.1 Å². The maximum absolute atomic E-state index is 12.7. The van der Waals surface area contributed by atoms with E-state index in [9.17, 15) is 9.59 Å². The van der Waals surface area contributed by atoms with Gasteiger partial charge in [-0.25, -0.2) is 0 Å². The molecule has 0 spiro atoms. The molecule has 0 fully saturated rings. The molecule has 340 valence electrons. The van der Waals surface area contributed by atoms with Crippen molar-refractivity contribution in [1.82, 2.24) is 4.90 Å². The summed E-state index contributed by atoms with van der Waals surface area (Å²) in [7, 11) is 0. The maximum Gasteiger partial charge on any atom is 0.306 e. The zero-order valence-corrected chi connectivity index (χ0v) is 39.6. The van der Waals surface area contributed by atoms with E-state index >= 15 is 0 Å². The van der Waals surface area contributed by atoms with Crippen LogP contribution >= 0.6 is 0 Å². The van der Waals surface area contributed by atoms with Crippen molar-refractivity contribution in [2.45, 2.75) is 304 Å². The van der Waals surface area contributed by atoms with Gasteiger partial charge >= 0.3 is 11.9 Å². The molecule has 0 aromatic heterocycles. The van der Waals surface area contributed by atoms with E-state index in [1.165, 1.54) is 206 Å². The van der Waals surface area contributed by atoms with Gasteiger partial charge in [-0.2, -0.15) is 0 Å². The molecule has 0 aliphatic heterocycles. The highest BCUT2D eigenvalue weighted by molar-refractivity contribution is 5.69. The summed E-state index contributed by atoms with van der Waals surface area (Å²) in [5.74, 6) is 0.0839. The molecular weight excluding hydrogens is 703 g/mol. The van der Waals surface area contributed by atoms with Crippen molar-refractivity contribution in [1.29, 1.82) is 0 Å². The van der Waals surface area contributed by atoms with Crippen molar-refractivity contribution in [2.24, 2.45) is 0 Å². The molecule has 0 bridgehead atoms. The first kappa shape index (κ1) is 55.9. The molecule has 0 heterocycles. The molecule has 0 aliphatic carbocycles. The Hall–Kier alpha value is -1.10. The van der Waals surface area contributed by atoms with Crippen molar-refractivity contribution in [3.05, 3.63) is 0 Å². The van der Waals surface area contributed by atoms with E-state index in [2.05, 4.69) is 39.5 Å². The summed E-state index contributed by atoms with van der Waals surface area (Å²) >= 11 is 0. The van der Waals surface area contributed by atoms with Gasteiger partial charge in [-0.3, -0.25) is 9.59 Å². The lowest BCUT2D eigenvalue weighted by Gasteiger charge is -2.20. The fourth-order valence-corrected chi connectivity index (χ4v) is 8.32. The second-order valence-corrected chi connectivity index (χ2v) is 17.9. The number of rotatable bonds is 47. The molecule has 5 heteroatoms. The van der Waals surface area contributed by atoms with E-state index in [1.807, 2.05) is 0 Å². The minimum atomic E-state index is 0.0419. The van der Waals surface area contributed by atoms with Crippen LogP contribution in [-0.4, -0.2) is 48.7 Å². The highest BCUT2D eigenvalue weighted by atomic mass is 16.5. The van der Waals surface area contributed by atoms with E-state index in [0.29, 0.717) is 12.8 Å². The van der Waals surface area contributed by atoms with Gasteiger partial charge in [0.15, 0.2) is 0 Å². The number of carbonyl (C=O) groups excluding carboxylic acids is 2. The lowest BCUT2D eigenvalue weighted by molar-refractivity contribution is -0.151. The number of esters is 2. The quantitative estimate of drug-likeness (QED) is 0.0453. The van der Waals surface area contributed by atoms with E-state index in [1.54, 1.807) is 0 Å². The summed E-state index contributed by atoms with van der Waals surface area (Å²) in [5.41, 5.74) is 0. The van der Waals surface area contributed by atoms with E-state index in [0.717, 1.165) is 57.9 Å². The third kappa shape index (κ3) is 41.4. The average Bonchev–Trinajstić information content (AvgIpc) is 3.21. The predicted octanol–water partition coefficient (Wildman–Crippen LogP) is 16.8. The first-order valence-electron chi connectivity index (χ1n) is 26.1. The Labute approximate surface area is 358 Å². The van der Waals surface area contributed by atoms with E-state index < -0.39 is 0 Å². The Morgan fingerprint density at radius 2 is 0.579 bits per heavy atom. The van der Waals surface area contributed by atoms with Crippen LogP contribution in [0.1, 0.15) is 291 Å². The third-order valence-electron chi connectivity index (χ3n) is 12.3. The normalized spacial score (nSPS) is 11.7. The minimum Gasteiger partial charge on any atom is -0.462 e. The molecule has 0 amide bonds. The average molecular weight is 806 g/mol. The summed E-state index contributed by atoms with van der Waals surface area (Å²) < 4.78 is 12.1. The molecule has 5 nitrogen and oxygen atoms in total. The van der Waals surface area contributed by atoms with Gasteiger partial charge in [-0.1, -0.05) is 202 Å². The highest BCUT2D eigenvalue weighted by Crippen LogP contribution is 2.20. The van der Waals surface area contributed by atoms with Gasteiger partial charge in [0.1, 0.15) is 12.2 Å². The van der Waals surface area contributed by atoms with E-state index in [4.69, 9.17) is 9.47 Å². The fraction of sp³-hybridized carbons (Fsp3) is 0.962. The second kappa shape index (κ2) is 46.0. The van der Waals surface area contributed by atoms with Crippen LogP contribution in [0.15, 0.2) is 0 Å². The molecule has 0 atom stereocenters. The van der Waals surface area contributed by atoms with Gasteiger partial charge in [-0.15, -0.1) is 0 Å². The smallest absolute Gasteiger partial charge is 0.306 e. The first-order chi connectivity index (χ1) is 28.0. The molecule has 0 aromatic rings. The zero-order chi connectivity index (χ0) is 41.7. The number of nitrogens with zero attached hydrogens (tertiary/aromatic N) is 1. The predicted molar refractivity (Wildman–Crippen MR) is 249 cm³/mol. The van der Waals surface area contributed by atoms with Crippen LogP contribution < -0.4 is 0 Å². The molecule has 0 unspecified atom stereocenters. The van der Waals surface area contributed by atoms with Crippen LogP contribution in [0.3, 0.4) is 0 Å². The summed E-state index contributed by atoms with van der Waals surface area (Å²) in [6.45, 7) is 14.9. The SMILES string of the molecule is CCCCCCCCC(CCCCCCCC)OC(=O)CCCCCCCN(CC)CCCCCCCC(=O)OC(CCCCCCCC)CCCCCCCC. The van der Waals surface area contributed by atoms with Crippen molar-refractivity contribution in [3.8, 4) is 0 Å². The molecule has 0 rings (SSSR count). The van der Waals surface area contributed by atoms with Gasteiger partial charge in [-0.05, 0) is 96.7 Å². The lowest BCUT2D eigenvalue weighted by Crippen LogP contribution is -2.25. The summed E-state index contributed by atoms with van der Waals surface area (Å²) in [5, 5.41) is 0. The summed E-state index contributed by atoms with van der Waals surface area (Å²) in [6, 6.07) is 0. The standard InChI is InChI=1S/C52H103NO4/c1-6-11-15-19-25-33-41-49(42-34-26-20-16-12-7-2)56-51(54)45-37-29-23-31-39-47-53(10-5)48-40-32-24-30-38-46-52(55)57-50(43-35-27-21-17-13-8-3)44-36-28-22-18-14-9-4/h49-50H,6-48H2,1-5H3. The summed E-state index contributed by atoms with van der Waals surface area (Å²) in [6.07, 6.45) is 48.4. The fourth-order valence-electron chi connectivity index (χ4n) is 8.32. The van der Waals surface area contributed by atoms with Crippen LogP contribution in [0.4, 0.5) is 0 Å². The number of hydrogen-bond acceptors (Lipinski definition) is 5. The van der Waals surface area contributed by atoms with Crippen LogP contribution in [0, 0.1) is 0 Å². The van der Waals surface area contributed by atoms with Gasteiger partial charge in [0, 0.05) is 12.8 Å². The van der Waals surface area contributed by atoms with Crippen molar-refractivity contribution in [3.63, 3.8) is 0 Å². The topological polar surface area (TPSA) is 55.8 Å². The Morgan fingerprint density at radius 3 is 0.860 bits per heavy atom. The van der Waals surface area contributed by atoms with Crippen molar-refractivity contribution >= 4 is 11.9 Å². The molecular formula is C52H103NO4. The van der Waals surface area contributed by atoms with Crippen molar-refractivity contribution in [2.75, 3.05) is 19.6 Å². The number of hydrogen-bond donors (Lipinski definition) is 0. The molecule has 0 aromatic carbocycles. The molecule has 57 heavy (non-hydrogen) atoms. The number of carbonyl (C=O) groups is 2. The monoisotopic (exact) mass is 806 g/mol. The first-order valence-corrected chi connectivity index (χ1v) is 26.1. The Morgan fingerprint density at radius 1 is 0.333 bits per heavy atom. The Balaban J connectivity index is 4.12. The van der Waals surface area contributed by atoms with Crippen LogP contribution in [0.2, 0.25) is 0 Å². The van der Waals surface area contributed by atoms with Crippen LogP contribution in [0.5, 0.6) is 0 Å². The van der Waals surface area contributed by atoms with Gasteiger partial charge in [0.05, 0.1) is 0 Å². The molecule has 0 radical (unpaired) electrons. The molecule has 0 N–H and O–H groups in total. The van der Waals surface area contributed by atoms with Gasteiger partial charge in [0.25, 0.3) is 0 Å².